The van der Waals surface area contributed by atoms with Gasteiger partial charge in [0.25, 0.3) is 5.56 Å². The number of aryl methyl sites for hydroxylation is 2. The Labute approximate surface area is 101 Å². The lowest BCUT2D eigenvalue weighted by Gasteiger charge is -2.08. The minimum Gasteiger partial charge on any atom is -0.321 e. The summed E-state index contributed by atoms with van der Waals surface area (Å²) in [5.41, 5.74) is 4.06. The monoisotopic (exact) mass is 230 g/mol. The first kappa shape index (κ1) is 11.9. The Balaban J connectivity index is 2.63. The van der Waals surface area contributed by atoms with E-state index in [-0.39, 0.29) is 5.56 Å². The van der Waals surface area contributed by atoms with Gasteiger partial charge >= 0.3 is 0 Å². The molecule has 0 spiro atoms. The molecule has 2 rings (SSSR count). The van der Waals surface area contributed by atoms with Gasteiger partial charge in [-0.15, -0.1) is 0 Å². The molecule has 1 aromatic heterocycles. The van der Waals surface area contributed by atoms with Crippen molar-refractivity contribution in [3.8, 4) is 0 Å². The van der Waals surface area contributed by atoms with Crippen LogP contribution in [0.25, 0.3) is 10.9 Å². The summed E-state index contributed by atoms with van der Waals surface area (Å²) in [5, 5.41) is 4.32. The van der Waals surface area contributed by atoms with E-state index in [0.717, 1.165) is 28.6 Å². The number of aromatic nitrogens is 1. The van der Waals surface area contributed by atoms with Crippen molar-refractivity contribution in [1.29, 1.82) is 0 Å². The Morgan fingerprint density at radius 1 is 1.24 bits per heavy atom. The van der Waals surface area contributed by atoms with Crippen LogP contribution in [0.3, 0.4) is 0 Å². The van der Waals surface area contributed by atoms with E-state index in [0.29, 0.717) is 6.54 Å². The molecule has 2 N–H and O–H groups in total. The highest BCUT2D eigenvalue weighted by molar-refractivity contribution is 5.85. The molecular formula is C14H18N2O. The fourth-order valence-corrected chi connectivity index (χ4v) is 2.01. The predicted octanol–water partition coefficient (Wildman–Crippen LogP) is 2.25. The number of benzene rings is 1. The van der Waals surface area contributed by atoms with Gasteiger partial charge < -0.3 is 10.3 Å². The molecule has 0 atom stereocenters. The first-order valence-corrected chi connectivity index (χ1v) is 5.96. The van der Waals surface area contributed by atoms with Gasteiger partial charge in [-0.2, -0.15) is 0 Å². The number of fused-ring (bicyclic) bond motifs is 1. The molecule has 0 amide bonds. The lowest BCUT2D eigenvalue weighted by molar-refractivity contribution is 0.721. The van der Waals surface area contributed by atoms with Crippen molar-refractivity contribution in [2.45, 2.75) is 27.3 Å². The van der Waals surface area contributed by atoms with Crippen molar-refractivity contribution < 1.29 is 0 Å². The largest absolute Gasteiger partial charge is 0.321 e. The number of aromatic amines is 1. The molecule has 0 aliphatic rings. The van der Waals surface area contributed by atoms with Crippen LogP contribution < -0.4 is 10.9 Å². The number of nitrogens with one attached hydrogen (secondary N) is 2. The number of H-pyrrole nitrogens is 1. The van der Waals surface area contributed by atoms with Crippen LogP contribution in [-0.4, -0.2) is 11.5 Å². The van der Waals surface area contributed by atoms with Gasteiger partial charge in [-0.1, -0.05) is 19.1 Å². The Kier molecular flexibility index (Phi) is 3.29. The van der Waals surface area contributed by atoms with Crippen molar-refractivity contribution in [2.24, 2.45) is 0 Å². The van der Waals surface area contributed by atoms with E-state index in [1.807, 2.05) is 26.0 Å². The lowest BCUT2D eigenvalue weighted by atomic mass is 10.0. The predicted molar refractivity (Wildman–Crippen MR) is 71.4 cm³/mol. The van der Waals surface area contributed by atoms with Crippen LogP contribution in [0.15, 0.2) is 23.0 Å². The van der Waals surface area contributed by atoms with Crippen LogP contribution in [0.4, 0.5) is 0 Å². The van der Waals surface area contributed by atoms with Gasteiger partial charge in [-0.25, -0.2) is 0 Å². The zero-order valence-electron chi connectivity index (χ0n) is 10.6. The highest BCUT2D eigenvalue weighted by atomic mass is 16.1. The average Bonchev–Trinajstić information content (AvgIpc) is 2.32. The Bertz CT molecular complexity index is 599. The third-order valence-electron chi connectivity index (χ3n) is 3.09. The van der Waals surface area contributed by atoms with Crippen molar-refractivity contribution in [3.05, 3.63) is 45.2 Å². The second-order valence-electron chi connectivity index (χ2n) is 4.39. The molecule has 3 heteroatoms. The number of hydrogen-bond donors (Lipinski definition) is 2. The van der Waals surface area contributed by atoms with Gasteiger partial charge in [-0.05, 0) is 37.6 Å². The van der Waals surface area contributed by atoms with Gasteiger partial charge in [0.2, 0.25) is 0 Å². The van der Waals surface area contributed by atoms with Crippen LogP contribution in [-0.2, 0) is 6.54 Å². The second-order valence-corrected chi connectivity index (χ2v) is 4.39. The first-order valence-electron chi connectivity index (χ1n) is 5.96. The standard InChI is InChI=1S/C14H18N2O/c1-4-15-8-11-7-12-9(2)5-6-10(3)13(12)16-14(11)17/h5-7,15H,4,8H2,1-3H3,(H,16,17). The average molecular weight is 230 g/mol. The normalized spacial score (nSPS) is 11.0. The molecule has 0 aliphatic heterocycles. The van der Waals surface area contributed by atoms with Crippen molar-refractivity contribution in [2.75, 3.05) is 6.54 Å². The van der Waals surface area contributed by atoms with E-state index in [2.05, 4.69) is 23.3 Å². The van der Waals surface area contributed by atoms with Gasteiger partial charge in [0.15, 0.2) is 0 Å². The fourth-order valence-electron chi connectivity index (χ4n) is 2.01. The van der Waals surface area contributed by atoms with E-state index >= 15 is 0 Å². The van der Waals surface area contributed by atoms with Gasteiger partial charge in [0, 0.05) is 17.5 Å². The summed E-state index contributed by atoms with van der Waals surface area (Å²) in [4.78, 5) is 14.9. The summed E-state index contributed by atoms with van der Waals surface area (Å²) in [6.07, 6.45) is 0. The van der Waals surface area contributed by atoms with E-state index in [9.17, 15) is 4.79 Å². The van der Waals surface area contributed by atoms with Crippen LogP contribution in [0.1, 0.15) is 23.6 Å². The molecule has 3 nitrogen and oxygen atoms in total. The zero-order valence-corrected chi connectivity index (χ0v) is 10.6. The second kappa shape index (κ2) is 4.72. The lowest BCUT2D eigenvalue weighted by Crippen LogP contribution is -2.20. The topological polar surface area (TPSA) is 44.9 Å². The molecule has 0 aliphatic carbocycles. The minimum absolute atomic E-state index is 0.00662. The van der Waals surface area contributed by atoms with Crippen LogP contribution >= 0.6 is 0 Å². The van der Waals surface area contributed by atoms with Crippen molar-refractivity contribution >= 4 is 10.9 Å². The van der Waals surface area contributed by atoms with Crippen molar-refractivity contribution in [1.82, 2.24) is 10.3 Å². The van der Waals surface area contributed by atoms with E-state index in [1.165, 1.54) is 5.56 Å². The molecule has 0 fully saturated rings. The molecule has 0 bridgehead atoms. The number of pyridine rings is 1. The minimum atomic E-state index is 0.00662. The van der Waals surface area contributed by atoms with Crippen LogP contribution in [0.5, 0.6) is 0 Å². The Morgan fingerprint density at radius 3 is 2.65 bits per heavy atom. The molecule has 90 valence electrons. The fraction of sp³-hybridized carbons (Fsp3) is 0.357. The zero-order chi connectivity index (χ0) is 12.4. The van der Waals surface area contributed by atoms with E-state index in [4.69, 9.17) is 0 Å². The maximum atomic E-state index is 11.9. The molecule has 1 aromatic carbocycles. The van der Waals surface area contributed by atoms with Gasteiger partial charge in [0.1, 0.15) is 0 Å². The summed E-state index contributed by atoms with van der Waals surface area (Å²) in [6, 6.07) is 6.13. The molecular weight excluding hydrogens is 212 g/mol. The molecule has 0 radical (unpaired) electrons. The highest BCUT2D eigenvalue weighted by Gasteiger charge is 2.06. The highest BCUT2D eigenvalue weighted by Crippen LogP contribution is 2.19. The summed E-state index contributed by atoms with van der Waals surface area (Å²) >= 11 is 0. The smallest absolute Gasteiger partial charge is 0.252 e. The number of rotatable bonds is 3. The first-order chi connectivity index (χ1) is 8.13. The molecule has 0 unspecified atom stereocenters. The molecule has 1 heterocycles. The third-order valence-corrected chi connectivity index (χ3v) is 3.09. The molecule has 0 saturated heterocycles. The number of hydrogen-bond acceptors (Lipinski definition) is 2. The van der Waals surface area contributed by atoms with Crippen LogP contribution in [0, 0.1) is 13.8 Å². The van der Waals surface area contributed by atoms with E-state index < -0.39 is 0 Å². The Hall–Kier alpha value is -1.61. The molecule has 17 heavy (non-hydrogen) atoms. The SMILES string of the molecule is CCNCc1cc2c(C)ccc(C)c2[nH]c1=O. The van der Waals surface area contributed by atoms with Crippen LogP contribution in [0.2, 0.25) is 0 Å². The van der Waals surface area contributed by atoms with E-state index in [1.54, 1.807) is 0 Å². The summed E-state index contributed by atoms with van der Waals surface area (Å²) < 4.78 is 0. The summed E-state index contributed by atoms with van der Waals surface area (Å²) in [7, 11) is 0. The maximum Gasteiger partial charge on any atom is 0.252 e. The third kappa shape index (κ3) is 2.24. The van der Waals surface area contributed by atoms with Gasteiger partial charge in [0.05, 0.1) is 5.52 Å². The Morgan fingerprint density at radius 2 is 1.94 bits per heavy atom. The maximum absolute atomic E-state index is 11.9. The van der Waals surface area contributed by atoms with Gasteiger partial charge in [-0.3, -0.25) is 4.79 Å². The quantitative estimate of drug-likeness (QED) is 0.849. The van der Waals surface area contributed by atoms with Crippen molar-refractivity contribution in [3.63, 3.8) is 0 Å². The molecule has 0 saturated carbocycles. The summed E-state index contributed by atoms with van der Waals surface area (Å²) in [5.74, 6) is 0. The summed E-state index contributed by atoms with van der Waals surface area (Å²) in [6.45, 7) is 7.60. The molecule has 2 aromatic rings.